The number of nitrogens with zero attached hydrogens (tertiary/aromatic N) is 1. The lowest BCUT2D eigenvalue weighted by Gasteiger charge is -2.24. The molecule has 0 aliphatic rings. The van der Waals surface area contributed by atoms with Crippen LogP contribution in [-0.2, 0) is 4.74 Å². The van der Waals surface area contributed by atoms with E-state index in [4.69, 9.17) is 10.5 Å². The molecular weight excluding hydrogens is 219 g/mol. The molecule has 1 atom stereocenters. The Kier molecular flexibility index (Phi) is 5.38. The Morgan fingerprint density at radius 2 is 2.18 bits per heavy atom. The Balaban J connectivity index is 2.85. The summed E-state index contributed by atoms with van der Waals surface area (Å²) < 4.78 is 18.7. The molecule has 4 heteroatoms. The summed E-state index contributed by atoms with van der Waals surface area (Å²) in [6, 6.07) is 4.75. The molecule has 2 N–H and O–H groups in total. The molecule has 0 saturated heterocycles. The molecule has 0 fully saturated rings. The largest absolute Gasteiger partial charge is 0.385 e. The van der Waals surface area contributed by atoms with Crippen molar-refractivity contribution in [3.8, 4) is 0 Å². The second-order valence-electron chi connectivity index (χ2n) is 4.23. The Labute approximate surface area is 102 Å². The van der Waals surface area contributed by atoms with Gasteiger partial charge in [0.1, 0.15) is 5.82 Å². The minimum atomic E-state index is -0.309. The van der Waals surface area contributed by atoms with Crippen molar-refractivity contribution < 1.29 is 9.13 Å². The number of hydrogen-bond acceptors (Lipinski definition) is 3. The van der Waals surface area contributed by atoms with E-state index >= 15 is 0 Å². The third-order valence-corrected chi connectivity index (χ3v) is 2.74. The van der Waals surface area contributed by atoms with Crippen LogP contribution in [0.2, 0.25) is 0 Å². The molecule has 17 heavy (non-hydrogen) atoms. The number of hydrogen-bond donors (Lipinski definition) is 1. The van der Waals surface area contributed by atoms with E-state index in [2.05, 4.69) is 0 Å². The number of methoxy groups -OCH3 is 1. The van der Waals surface area contributed by atoms with Crippen LogP contribution >= 0.6 is 0 Å². The molecule has 0 aromatic heterocycles. The lowest BCUT2D eigenvalue weighted by atomic mass is 10.1. The number of nitrogens with two attached hydrogens (primary N) is 1. The maximum absolute atomic E-state index is 13.7. The molecule has 0 spiro atoms. The lowest BCUT2D eigenvalue weighted by molar-refractivity contribution is 0.196. The van der Waals surface area contributed by atoms with Gasteiger partial charge in [0, 0.05) is 44.6 Å². The fourth-order valence-corrected chi connectivity index (χ4v) is 1.88. The zero-order chi connectivity index (χ0) is 12.8. The van der Waals surface area contributed by atoms with Gasteiger partial charge in [-0.3, -0.25) is 0 Å². The van der Waals surface area contributed by atoms with E-state index in [0.29, 0.717) is 12.2 Å². The van der Waals surface area contributed by atoms with E-state index in [1.54, 1.807) is 20.1 Å². The highest BCUT2D eigenvalue weighted by Gasteiger charge is 2.14. The van der Waals surface area contributed by atoms with Crippen LogP contribution in [-0.4, -0.2) is 27.3 Å². The molecule has 96 valence electrons. The summed E-state index contributed by atoms with van der Waals surface area (Å²) in [5, 5.41) is 0. The Morgan fingerprint density at radius 1 is 1.47 bits per heavy atom. The first-order chi connectivity index (χ1) is 8.07. The average molecular weight is 240 g/mol. The maximum atomic E-state index is 13.7. The zero-order valence-electron chi connectivity index (χ0n) is 10.7. The third kappa shape index (κ3) is 3.68. The fourth-order valence-electron chi connectivity index (χ4n) is 1.88. The van der Waals surface area contributed by atoms with Gasteiger partial charge in [-0.2, -0.15) is 0 Å². The molecule has 0 saturated carbocycles. The predicted octanol–water partition coefficient (Wildman–Crippen LogP) is 2.32. The van der Waals surface area contributed by atoms with Crippen LogP contribution in [0, 0.1) is 5.82 Å². The molecule has 1 rings (SSSR count). The van der Waals surface area contributed by atoms with Gasteiger partial charge < -0.3 is 15.4 Å². The number of halogens is 1. The van der Waals surface area contributed by atoms with E-state index in [-0.39, 0.29) is 11.9 Å². The Bertz CT molecular complexity index is 355. The van der Waals surface area contributed by atoms with Crippen molar-refractivity contribution in [2.24, 2.45) is 5.73 Å². The van der Waals surface area contributed by atoms with Crippen molar-refractivity contribution in [2.45, 2.75) is 19.4 Å². The molecule has 1 aromatic rings. The molecule has 1 aromatic carbocycles. The Hall–Kier alpha value is -1.13. The number of ether oxygens (including phenoxy) is 1. The van der Waals surface area contributed by atoms with Gasteiger partial charge in [0.05, 0.1) is 0 Å². The zero-order valence-corrected chi connectivity index (χ0v) is 10.7. The summed E-state index contributed by atoms with van der Waals surface area (Å²) in [5.74, 6) is -0.240. The summed E-state index contributed by atoms with van der Waals surface area (Å²) in [6.07, 6.45) is 0.905. The van der Waals surface area contributed by atoms with Crippen molar-refractivity contribution in [1.82, 2.24) is 0 Å². The molecule has 0 amide bonds. The summed E-state index contributed by atoms with van der Waals surface area (Å²) in [6.45, 7) is 3.31. The second-order valence-corrected chi connectivity index (χ2v) is 4.23. The highest BCUT2D eigenvalue weighted by atomic mass is 19.1. The molecule has 0 aliphatic heterocycles. The summed E-state index contributed by atoms with van der Waals surface area (Å²) in [7, 11) is 3.62. The SMILES string of the molecule is COCCCN(C)c1cccc(F)c1[C@@H](C)N. The van der Waals surface area contributed by atoms with Crippen molar-refractivity contribution in [1.29, 1.82) is 0 Å². The highest BCUT2D eigenvalue weighted by molar-refractivity contribution is 5.54. The molecule has 0 heterocycles. The van der Waals surface area contributed by atoms with Crippen LogP contribution in [0.3, 0.4) is 0 Å². The van der Waals surface area contributed by atoms with Crippen molar-refractivity contribution >= 4 is 5.69 Å². The van der Waals surface area contributed by atoms with E-state index in [1.807, 2.05) is 18.0 Å². The van der Waals surface area contributed by atoms with E-state index < -0.39 is 0 Å². The summed E-state index contributed by atoms with van der Waals surface area (Å²) in [5.41, 5.74) is 7.25. The predicted molar refractivity (Wildman–Crippen MR) is 68.8 cm³/mol. The van der Waals surface area contributed by atoms with E-state index in [1.165, 1.54) is 6.07 Å². The van der Waals surface area contributed by atoms with Crippen LogP contribution in [0.5, 0.6) is 0 Å². The molecule has 3 nitrogen and oxygen atoms in total. The van der Waals surface area contributed by atoms with Crippen LogP contribution in [0.15, 0.2) is 18.2 Å². The van der Waals surface area contributed by atoms with Gasteiger partial charge in [0.25, 0.3) is 0 Å². The van der Waals surface area contributed by atoms with Gasteiger partial charge in [-0.15, -0.1) is 0 Å². The van der Waals surface area contributed by atoms with Crippen LogP contribution < -0.4 is 10.6 Å². The van der Waals surface area contributed by atoms with Crippen molar-refractivity contribution in [2.75, 3.05) is 32.2 Å². The van der Waals surface area contributed by atoms with Gasteiger partial charge in [-0.1, -0.05) is 6.07 Å². The van der Waals surface area contributed by atoms with Gasteiger partial charge >= 0.3 is 0 Å². The molecule has 0 aliphatic carbocycles. The second kappa shape index (κ2) is 6.57. The van der Waals surface area contributed by atoms with Crippen LogP contribution in [0.1, 0.15) is 24.9 Å². The monoisotopic (exact) mass is 240 g/mol. The van der Waals surface area contributed by atoms with Crippen molar-refractivity contribution in [3.05, 3.63) is 29.6 Å². The van der Waals surface area contributed by atoms with Crippen LogP contribution in [0.25, 0.3) is 0 Å². The molecule has 0 radical (unpaired) electrons. The summed E-state index contributed by atoms with van der Waals surface area (Å²) in [4.78, 5) is 2.01. The van der Waals surface area contributed by atoms with Crippen LogP contribution in [0.4, 0.5) is 10.1 Å². The minimum absolute atomic E-state index is 0.240. The average Bonchev–Trinajstić information content (AvgIpc) is 2.28. The van der Waals surface area contributed by atoms with E-state index in [9.17, 15) is 4.39 Å². The van der Waals surface area contributed by atoms with E-state index in [0.717, 1.165) is 18.7 Å². The van der Waals surface area contributed by atoms with Gasteiger partial charge in [-0.05, 0) is 25.5 Å². The quantitative estimate of drug-likeness (QED) is 0.775. The summed E-state index contributed by atoms with van der Waals surface area (Å²) >= 11 is 0. The standard InChI is InChI=1S/C13H21FN2O/c1-10(15)13-11(14)6-4-7-12(13)16(2)8-5-9-17-3/h4,6-7,10H,5,8-9,15H2,1-3H3/t10-/m1/s1. The molecule has 0 bridgehead atoms. The number of anilines is 1. The highest BCUT2D eigenvalue weighted by Crippen LogP contribution is 2.27. The smallest absolute Gasteiger partial charge is 0.130 e. The maximum Gasteiger partial charge on any atom is 0.130 e. The molecule has 0 unspecified atom stereocenters. The first kappa shape index (κ1) is 13.9. The topological polar surface area (TPSA) is 38.5 Å². The minimum Gasteiger partial charge on any atom is -0.385 e. The number of rotatable bonds is 6. The van der Waals surface area contributed by atoms with Gasteiger partial charge in [-0.25, -0.2) is 4.39 Å². The fraction of sp³-hybridized carbons (Fsp3) is 0.538. The van der Waals surface area contributed by atoms with Gasteiger partial charge in [0.2, 0.25) is 0 Å². The normalized spacial score (nSPS) is 12.5. The first-order valence-electron chi connectivity index (χ1n) is 5.82. The first-order valence-corrected chi connectivity index (χ1v) is 5.82. The number of benzene rings is 1. The molecular formula is C13H21FN2O. The third-order valence-electron chi connectivity index (χ3n) is 2.74. The lowest BCUT2D eigenvalue weighted by Crippen LogP contribution is -2.23. The Morgan fingerprint density at radius 3 is 2.76 bits per heavy atom. The van der Waals surface area contributed by atoms with Gasteiger partial charge in [0.15, 0.2) is 0 Å². The van der Waals surface area contributed by atoms with Crippen molar-refractivity contribution in [3.63, 3.8) is 0 Å².